The highest BCUT2D eigenvalue weighted by Gasteiger charge is 2.28. The van der Waals surface area contributed by atoms with Crippen molar-refractivity contribution in [2.75, 3.05) is 13.6 Å². The lowest BCUT2D eigenvalue weighted by Gasteiger charge is -2.20. The van der Waals surface area contributed by atoms with Gasteiger partial charge in [0.15, 0.2) is 0 Å². The molecule has 0 aliphatic carbocycles. The summed E-state index contributed by atoms with van der Waals surface area (Å²) < 4.78 is 32.3. The van der Waals surface area contributed by atoms with Crippen molar-refractivity contribution in [3.8, 4) is 0 Å². The molecule has 0 rings (SSSR count). The summed E-state index contributed by atoms with van der Waals surface area (Å²) in [6, 6.07) is 0. The summed E-state index contributed by atoms with van der Waals surface area (Å²) in [4.78, 5) is 23.3. The smallest absolute Gasteiger partial charge is 0.359 e. The van der Waals surface area contributed by atoms with Crippen molar-refractivity contribution in [2.45, 2.75) is 41.5 Å². The van der Waals surface area contributed by atoms with Crippen LogP contribution < -0.4 is 0 Å². The van der Waals surface area contributed by atoms with Crippen LogP contribution in [0.2, 0.25) is 0 Å². The zero-order chi connectivity index (χ0) is 19.0. The highest BCUT2D eigenvalue weighted by atomic mass is 31.2. The summed E-state index contributed by atoms with van der Waals surface area (Å²) >= 11 is 0. The van der Waals surface area contributed by atoms with E-state index in [1.165, 1.54) is 12.2 Å². The zero-order valence-electron chi connectivity index (χ0n) is 15.2. The molecule has 8 heteroatoms. The Labute approximate surface area is 143 Å². The third-order valence-corrected chi connectivity index (χ3v) is 3.94. The number of esters is 2. The summed E-state index contributed by atoms with van der Waals surface area (Å²) in [6.07, 6.45) is 2.74. The number of rotatable bonds is 8. The van der Waals surface area contributed by atoms with E-state index in [0.29, 0.717) is 0 Å². The van der Waals surface area contributed by atoms with E-state index in [4.69, 9.17) is 18.5 Å². The molecule has 0 N–H and O–H groups in total. The maximum atomic E-state index is 12.5. The van der Waals surface area contributed by atoms with Gasteiger partial charge in [0.1, 0.15) is 0 Å². The molecular weight excluding hydrogens is 335 g/mol. The van der Waals surface area contributed by atoms with Gasteiger partial charge in [0.05, 0.1) is 10.8 Å². The lowest BCUT2D eigenvalue weighted by molar-refractivity contribution is -0.161. The third-order valence-electron chi connectivity index (χ3n) is 2.47. The van der Waals surface area contributed by atoms with Crippen molar-refractivity contribution in [3.63, 3.8) is 0 Å². The fourth-order valence-corrected chi connectivity index (χ4v) is 2.01. The first-order chi connectivity index (χ1) is 10.8. The van der Waals surface area contributed by atoms with E-state index in [1.807, 2.05) is 0 Å². The van der Waals surface area contributed by atoms with Crippen molar-refractivity contribution >= 4 is 19.5 Å². The van der Waals surface area contributed by atoms with Crippen molar-refractivity contribution < 1.29 is 32.7 Å². The molecule has 0 aromatic carbocycles. The normalized spacial score (nSPS) is 12.9. The standard InChI is InChI=1S/C16H27O7P/c1-8-9-10-24(19,22-11-20-13(17)15(2,3)4)23-12-21-14(18)16(5,6)7/h8-10H,1,11-12H2,2-7H3/b10-9+. The molecule has 0 aliphatic rings. The molecule has 0 aromatic rings. The van der Waals surface area contributed by atoms with Gasteiger partial charge >= 0.3 is 19.5 Å². The van der Waals surface area contributed by atoms with Crippen LogP contribution in [0.5, 0.6) is 0 Å². The monoisotopic (exact) mass is 362 g/mol. The molecule has 0 saturated carbocycles. The third kappa shape index (κ3) is 9.01. The minimum Gasteiger partial charge on any atom is -0.438 e. The fourth-order valence-electron chi connectivity index (χ4n) is 1.03. The summed E-state index contributed by atoms with van der Waals surface area (Å²) in [5.41, 5.74) is -1.43. The fraction of sp³-hybridized carbons (Fsp3) is 0.625. The number of hydrogen-bond acceptors (Lipinski definition) is 7. The van der Waals surface area contributed by atoms with Gasteiger partial charge in [-0.2, -0.15) is 0 Å². The van der Waals surface area contributed by atoms with Crippen molar-refractivity contribution in [2.24, 2.45) is 10.8 Å². The Balaban J connectivity index is 4.65. The Hall–Kier alpha value is -1.43. The van der Waals surface area contributed by atoms with Gasteiger partial charge in [-0.05, 0) is 41.5 Å². The molecule has 0 aromatic heterocycles. The van der Waals surface area contributed by atoms with Gasteiger partial charge in [0.2, 0.25) is 13.6 Å². The molecule has 0 unspecified atom stereocenters. The van der Waals surface area contributed by atoms with Gasteiger partial charge in [0, 0.05) is 5.82 Å². The van der Waals surface area contributed by atoms with E-state index in [0.717, 1.165) is 5.82 Å². The van der Waals surface area contributed by atoms with E-state index in [-0.39, 0.29) is 0 Å². The van der Waals surface area contributed by atoms with Gasteiger partial charge in [-0.1, -0.05) is 18.7 Å². The minimum absolute atomic E-state index is 0.513. The van der Waals surface area contributed by atoms with Crippen LogP contribution in [0.1, 0.15) is 41.5 Å². The second kappa shape index (κ2) is 9.16. The second-order valence-corrected chi connectivity index (χ2v) is 8.87. The van der Waals surface area contributed by atoms with Crippen LogP contribution in [0.3, 0.4) is 0 Å². The Bertz CT molecular complexity index is 488. The van der Waals surface area contributed by atoms with Gasteiger partial charge in [-0.25, -0.2) is 0 Å². The minimum atomic E-state index is -3.76. The van der Waals surface area contributed by atoms with Crippen LogP contribution in [0, 0.1) is 10.8 Å². The summed E-state index contributed by atoms with van der Waals surface area (Å²) in [6.45, 7) is 12.4. The molecule has 0 aliphatic heterocycles. The van der Waals surface area contributed by atoms with Gasteiger partial charge < -0.3 is 9.47 Å². The largest absolute Gasteiger partial charge is 0.438 e. The first-order valence-electron chi connectivity index (χ1n) is 7.35. The Morgan fingerprint density at radius 2 is 1.29 bits per heavy atom. The van der Waals surface area contributed by atoms with E-state index < -0.39 is 44.0 Å². The van der Waals surface area contributed by atoms with Crippen molar-refractivity contribution in [1.29, 1.82) is 0 Å². The molecule has 138 valence electrons. The van der Waals surface area contributed by atoms with Crippen LogP contribution >= 0.6 is 7.60 Å². The summed E-state index contributed by atoms with van der Waals surface area (Å²) in [5, 5.41) is 0. The van der Waals surface area contributed by atoms with Crippen molar-refractivity contribution in [3.05, 3.63) is 24.5 Å². The average Bonchev–Trinajstić information content (AvgIpc) is 2.43. The second-order valence-electron chi connectivity index (χ2n) is 6.97. The molecule has 0 amide bonds. The molecule has 0 heterocycles. The number of allylic oxidation sites excluding steroid dienone is 2. The van der Waals surface area contributed by atoms with Crippen LogP contribution in [-0.4, -0.2) is 25.5 Å². The number of carbonyl (C=O) groups is 2. The van der Waals surface area contributed by atoms with Gasteiger partial charge in [0.25, 0.3) is 0 Å². The van der Waals surface area contributed by atoms with Gasteiger partial charge in [-0.15, -0.1) is 0 Å². The molecule has 0 bridgehead atoms. The topological polar surface area (TPSA) is 88.1 Å². The van der Waals surface area contributed by atoms with Crippen molar-refractivity contribution in [1.82, 2.24) is 0 Å². The molecule has 0 spiro atoms. The molecule has 0 saturated heterocycles. The highest BCUT2D eigenvalue weighted by molar-refractivity contribution is 7.57. The number of carbonyl (C=O) groups excluding carboxylic acids is 2. The van der Waals surface area contributed by atoms with Gasteiger partial charge in [-0.3, -0.25) is 23.2 Å². The summed E-state index contributed by atoms with van der Waals surface area (Å²) in [5.74, 6) is 0.109. The lowest BCUT2D eigenvalue weighted by atomic mass is 9.98. The predicted octanol–water partition coefficient (Wildman–Crippen LogP) is 4.01. The molecule has 0 fully saturated rings. The number of hydrogen-bond donors (Lipinski definition) is 0. The van der Waals surface area contributed by atoms with E-state index >= 15 is 0 Å². The number of ether oxygens (including phenoxy) is 2. The first kappa shape index (κ1) is 22.6. The maximum absolute atomic E-state index is 12.5. The first-order valence-corrected chi connectivity index (χ1v) is 8.96. The highest BCUT2D eigenvalue weighted by Crippen LogP contribution is 2.49. The molecule has 7 nitrogen and oxygen atoms in total. The Morgan fingerprint density at radius 1 is 0.917 bits per heavy atom. The van der Waals surface area contributed by atoms with Crippen LogP contribution in [0.15, 0.2) is 24.5 Å². The zero-order valence-corrected chi connectivity index (χ0v) is 16.1. The lowest BCUT2D eigenvalue weighted by Crippen LogP contribution is -2.24. The summed E-state index contributed by atoms with van der Waals surface area (Å²) in [7, 11) is -3.76. The molecule has 0 radical (unpaired) electrons. The maximum Gasteiger partial charge on any atom is 0.359 e. The Kier molecular flexibility index (Phi) is 8.61. The van der Waals surface area contributed by atoms with E-state index in [2.05, 4.69) is 6.58 Å². The SMILES string of the molecule is C=C/C=C/P(=O)(OCOC(=O)C(C)(C)C)OCOC(=O)C(C)(C)C. The van der Waals surface area contributed by atoms with Crippen LogP contribution in [0.25, 0.3) is 0 Å². The van der Waals surface area contributed by atoms with E-state index in [1.54, 1.807) is 41.5 Å². The molecule has 24 heavy (non-hydrogen) atoms. The average molecular weight is 362 g/mol. The molecule has 0 atom stereocenters. The van der Waals surface area contributed by atoms with Crippen LogP contribution in [0.4, 0.5) is 0 Å². The Morgan fingerprint density at radius 3 is 1.58 bits per heavy atom. The molecular formula is C16H27O7P. The van der Waals surface area contributed by atoms with Crippen LogP contribution in [-0.2, 0) is 32.7 Å². The quantitative estimate of drug-likeness (QED) is 0.279. The predicted molar refractivity (Wildman–Crippen MR) is 89.9 cm³/mol. The van der Waals surface area contributed by atoms with E-state index in [9.17, 15) is 14.2 Å².